The van der Waals surface area contributed by atoms with Gasteiger partial charge < -0.3 is 29.7 Å². The van der Waals surface area contributed by atoms with Gasteiger partial charge in [0.05, 0.1) is 12.2 Å². The first-order valence-corrected chi connectivity index (χ1v) is 13.2. The summed E-state index contributed by atoms with van der Waals surface area (Å²) in [4.78, 5) is 26.2. The van der Waals surface area contributed by atoms with Crippen molar-refractivity contribution in [3.63, 3.8) is 0 Å². The van der Waals surface area contributed by atoms with E-state index in [-0.39, 0.29) is 12.0 Å². The molecule has 11 heteroatoms. The molecule has 1 aliphatic carbocycles. The highest BCUT2D eigenvalue weighted by molar-refractivity contribution is 5.89. The third-order valence-electron chi connectivity index (χ3n) is 6.96. The average molecular weight is 550 g/mol. The maximum absolute atomic E-state index is 12.7. The van der Waals surface area contributed by atoms with Gasteiger partial charge in [-0.05, 0) is 67.6 Å². The summed E-state index contributed by atoms with van der Waals surface area (Å²) in [5.41, 5.74) is 0.533. The van der Waals surface area contributed by atoms with Crippen molar-refractivity contribution in [1.29, 1.82) is 0 Å². The molecule has 2 aliphatic rings. The van der Waals surface area contributed by atoms with Crippen molar-refractivity contribution in [2.24, 2.45) is 11.8 Å². The number of halogens is 3. The Morgan fingerprint density at radius 2 is 1.67 bits per heavy atom. The third kappa shape index (κ3) is 7.63. The number of ether oxygens (including phenoxy) is 3. The van der Waals surface area contributed by atoms with Gasteiger partial charge in [0.2, 0.25) is 0 Å². The number of anilines is 1. The van der Waals surface area contributed by atoms with E-state index in [2.05, 4.69) is 10.6 Å². The number of piperidine rings is 1. The minimum absolute atomic E-state index is 0.303. The molecule has 2 amide bonds. The quantitative estimate of drug-likeness (QED) is 0.303. The molecule has 1 aliphatic heterocycles. The number of urea groups is 1. The van der Waals surface area contributed by atoms with E-state index in [1.165, 1.54) is 12.1 Å². The number of amides is 2. The minimum Gasteiger partial charge on any atom is -0.492 e. The summed E-state index contributed by atoms with van der Waals surface area (Å²) in [6.45, 7) is 6.69. The molecule has 0 bridgehead atoms. The number of nitrogens with zero attached hydrogens (tertiary/aromatic N) is 1. The molecule has 212 valence electrons. The van der Waals surface area contributed by atoms with Crippen molar-refractivity contribution in [3.8, 4) is 5.75 Å². The second kappa shape index (κ2) is 12.7. The number of fused-ring (bicyclic) bond motifs is 1. The molecule has 2 aromatic rings. The number of carbonyl (C=O) groups excluding carboxylic acids is 2. The van der Waals surface area contributed by atoms with Crippen molar-refractivity contribution in [2.75, 3.05) is 44.8 Å². The second-order valence-corrected chi connectivity index (χ2v) is 9.61. The zero-order valence-electron chi connectivity index (χ0n) is 22.0. The predicted molar refractivity (Wildman–Crippen MR) is 138 cm³/mol. The molecule has 4 rings (SSSR count). The number of carbonyl (C=O) groups is 2. The minimum atomic E-state index is -4.41. The van der Waals surface area contributed by atoms with Crippen molar-refractivity contribution >= 4 is 17.7 Å². The fraction of sp³-hybridized carbons (Fsp3) is 0.500. The molecule has 1 heterocycles. The molecule has 8 nitrogen and oxygen atoms in total. The molecule has 1 unspecified atom stereocenters. The lowest BCUT2D eigenvalue weighted by Crippen LogP contribution is -2.38. The smallest absolute Gasteiger partial charge is 0.416 e. The molecule has 2 aromatic carbocycles. The molecule has 0 spiro atoms. The number of esters is 1. The van der Waals surface area contributed by atoms with Crippen LogP contribution in [-0.4, -0.2) is 68.5 Å². The van der Waals surface area contributed by atoms with E-state index >= 15 is 0 Å². The monoisotopic (exact) mass is 549 g/mol. The van der Waals surface area contributed by atoms with Crippen molar-refractivity contribution in [1.82, 2.24) is 10.2 Å². The van der Waals surface area contributed by atoms with Gasteiger partial charge in [-0.3, -0.25) is 0 Å². The number of alkyl halides is 3. The zero-order chi connectivity index (χ0) is 28.0. The van der Waals surface area contributed by atoms with Crippen LogP contribution in [0.4, 0.5) is 23.7 Å². The van der Waals surface area contributed by atoms with Crippen molar-refractivity contribution in [2.45, 2.75) is 38.6 Å². The van der Waals surface area contributed by atoms with Gasteiger partial charge in [-0.1, -0.05) is 12.1 Å². The summed E-state index contributed by atoms with van der Waals surface area (Å²) < 4.78 is 54.5. The average Bonchev–Trinajstić information content (AvgIpc) is 3.34. The van der Waals surface area contributed by atoms with E-state index in [4.69, 9.17) is 14.2 Å². The number of hydrogen-bond acceptors (Lipinski definition) is 6. The highest BCUT2D eigenvalue weighted by atomic mass is 19.4. The van der Waals surface area contributed by atoms with Gasteiger partial charge in [0, 0.05) is 44.4 Å². The first-order valence-electron chi connectivity index (χ1n) is 13.2. The lowest BCUT2D eigenvalue weighted by Gasteiger charge is -2.21. The zero-order valence-corrected chi connectivity index (χ0v) is 22.0. The van der Waals surface area contributed by atoms with Gasteiger partial charge in [0.25, 0.3) is 0 Å². The lowest BCUT2D eigenvalue weighted by atomic mass is 10.1. The highest BCUT2D eigenvalue weighted by Crippen LogP contribution is 2.45. The molecule has 4 atom stereocenters. The van der Waals surface area contributed by atoms with Gasteiger partial charge in [-0.2, -0.15) is 13.2 Å². The van der Waals surface area contributed by atoms with Crippen LogP contribution in [0.2, 0.25) is 0 Å². The normalized spacial score (nSPS) is 20.7. The van der Waals surface area contributed by atoms with Crippen LogP contribution in [0.3, 0.4) is 0 Å². The summed E-state index contributed by atoms with van der Waals surface area (Å²) in [6.07, 6.45) is -4.61. The molecule has 1 saturated heterocycles. The van der Waals surface area contributed by atoms with Crippen LogP contribution in [0.25, 0.3) is 0 Å². The maximum atomic E-state index is 12.7. The van der Waals surface area contributed by atoms with Gasteiger partial charge >= 0.3 is 18.2 Å². The van der Waals surface area contributed by atoms with E-state index in [0.717, 1.165) is 23.4 Å². The summed E-state index contributed by atoms with van der Waals surface area (Å²) in [5.74, 6) is 1.09. The van der Waals surface area contributed by atoms with Crippen molar-refractivity contribution < 1.29 is 37.0 Å². The first kappa shape index (κ1) is 28.7. The second-order valence-electron chi connectivity index (χ2n) is 9.61. The van der Waals surface area contributed by atoms with Gasteiger partial charge in [0.15, 0.2) is 6.10 Å². The summed E-state index contributed by atoms with van der Waals surface area (Å²) in [5, 5.41) is 6.15. The molecular formula is C28H34F3N3O5. The van der Waals surface area contributed by atoms with Crippen LogP contribution in [0.1, 0.15) is 25.0 Å². The molecule has 0 aromatic heterocycles. The number of likely N-dealkylation sites (tertiary alicyclic amines) is 1. The van der Waals surface area contributed by atoms with Crippen LogP contribution < -0.4 is 15.4 Å². The van der Waals surface area contributed by atoms with Crippen LogP contribution >= 0.6 is 0 Å². The fourth-order valence-corrected chi connectivity index (χ4v) is 4.92. The molecule has 39 heavy (non-hydrogen) atoms. The Balaban J connectivity index is 1.12. The van der Waals surface area contributed by atoms with E-state index in [9.17, 15) is 22.8 Å². The highest BCUT2D eigenvalue weighted by Gasteiger charge is 2.56. The molecule has 0 radical (unpaired) electrons. The Morgan fingerprint density at radius 1 is 1.00 bits per heavy atom. The molecule has 2 N–H and O–H groups in total. The molecular weight excluding hydrogens is 515 g/mol. The topological polar surface area (TPSA) is 89.1 Å². The Kier molecular flexibility index (Phi) is 9.34. The maximum Gasteiger partial charge on any atom is 0.416 e. The summed E-state index contributed by atoms with van der Waals surface area (Å²) in [6, 6.07) is 12.0. The van der Waals surface area contributed by atoms with E-state index in [0.29, 0.717) is 69.4 Å². The first-order chi connectivity index (χ1) is 18.7. The van der Waals surface area contributed by atoms with Crippen LogP contribution in [0, 0.1) is 11.8 Å². The Morgan fingerprint density at radius 3 is 2.26 bits per heavy atom. The summed E-state index contributed by atoms with van der Waals surface area (Å²) >= 11 is 0. The van der Waals surface area contributed by atoms with Crippen LogP contribution in [-0.2, 0) is 26.9 Å². The Labute approximate surface area is 225 Å². The number of benzene rings is 2. The Bertz CT molecular complexity index is 1100. The predicted octanol–water partition coefficient (Wildman–Crippen LogP) is 4.35. The van der Waals surface area contributed by atoms with Crippen molar-refractivity contribution in [3.05, 3.63) is 59.7 Å². The van der Waals surface area contributed by atoms with E-state index in [1.54, 1.807) is 11.8 Å². The van der Waals surface area contributed by atoms with Gasteiger partial charge in [-0.25, -0.2) is 9.59 Å². The number of nitrogens with one attached hydrogen (secondary N) is 2. The third-order valence-corrected chi connectivity index (χ3v) is 6.96. The van der Waals surface area contributed by atoms with E-state index < -0.39 is 17.8 Å². The standard InChI is InChI=1S/C28H34F3N3O5/c1-3-37-24(26(35)38-4-2)15-18-5-11-21(12-6-18)39-14-13-32-25-22-16-34(17-23(22)25)27(36)33-20-9-7-19(8-10-20)28(29,30)31/h5-12,22-25,32H,3-4,13-17H2,1-2H3,(H,33,36)/t22-,23?,24-,25+/m0/s1. The molecule has 1 saturated carbocycles. The molecule has 2 fully saturated rings. The van der Waals surface area contributed by atoms with E-state index in [1.807, 2.05) is 31.2 Å². The largest absolute Gasteiger partial charge is 0.492 e. The van der Waals surface area contributed by atoms with Gasteiger partial charge in [0.1, 0.15) is 12.4 Å². The number of hydrogen-bond donors (Lipinski definition) is 2. The van der Waals surface area contributed by atoms with Gasteiger partial charge in [-0.15, -0.1) is 0 Å². The number of rotatable bonds is 12. The van der Waals surface area contributed by atoms with Crippen LogP contribution in [0.15, 0.2) is 48.5 Å². The lowest BCUT2D eigenvalue weighted by molar-refractivity contribution is -0.156. The fourth-order valence-electron chi connectivity index (χ4n) is 4.92. The summed E-state index contributed by atoms with van der Waals surface area (Å²) in [7, 11) is 0. The van der Waals surface area contributed by atoms with Crippen LogP contribution in [0.5, 0.6) is 5.75 Å². The SMILES string of the molecule is CCOC(=O)[C@H](Cc1ccc(OCCN[C@H]2C3CN(C(=O)Nc4ccc(C(F)(F)F)cc4)C[C@@H]32)cc1)OCC. The Hall–Kier alpha value is -3.31.